The summed E-state index contributed by atoms with van der Waals surface area (Å²) in [6.45, 7) is 6.18. The maximum absolute atomic E-state index is 13.4. The largest absolute Gasteiger partial charge is 0.481 e. The fraction of sp³-hybridized carbons (Fsp3) is 0.676. The second kappa shape index (κ2) is 12.6. The van der Waals surface area contributed by atoms with E-state index in [4.69, 9.17) is 28.4 Å². The maximum atomic E-state index is 13.4. The van der Waals surface area contributed by atoms with Gasteiger partial charge in [-0.2, -0.15) is 0 Å². The molecule has 6 aliphatic rings. The molecule has 0 bridgehead atoms. The van der Waals surface area contributed by atoms with Crippen LogP contribution in [0.3, 0.4) is 0 Å². The zero-order valence-corrected chi connectivity index (χ0v) is 28.3. The van der Waals surface area contributed by atoms with E-state index in [1.165, 1.54) is 6.92 Å². The van der Waals surface area contributed by atoms with E-state index in [9.17, 15) is 29.4 Å². The maximum Gasteiger partial charge on any atom is 0.308 e. The highest BCUT2D eigenvalue weighted by Gasteiger charge is 2.77. The van der Waals surface area contributed by atoms with Crippen molar-refractivity contribution in [3.05, 3.63) is 41.5 Å². The number of carbonyl (C=O) groups excluding carboxylic acids is 3. The number of fused-ring (bicyclic) bond motifs is 7. The second-order valence-corrected chi connectivity index (χ2v) is 15.4. The smallest absolute Gasteiger partial charge is 0.308 e. The van der Waals surface area contributed by atoms with Crippen molar-refractivity contribution >= 4 is 23.7 Å². The summed E-state index contributed by atoms with van der Waals surface area (Å²) in [7, 11) is 0. The number of aliphatic hydroxyl groups is 1. The SMILES string of the molecule is CC(=O)Oc1ccc(C(CC(=O)O)CC(=O)OC[C@@H]2C[C@@H]3[C@H]([C@@H](O)C[C@@]4(C)[C@H]3CC[C@@]43OCOC34COCO4)[C@@]3(C)CCC(=O)C=C23)cc1. The van der Waals surface area contributed by atoms with Crippen LogP contribution in [-0.4, -0.2) is 78.2 Å². The summed E-state index contributed by atoms with van der Waals surface area (Å²) in [5.74, 6) is -3.48. The van der Waals surface area contributed by atoms with E-state index in [0.717, 1.165) is 12.0 Å². The minimum absolute atomic E-state index is 0.0350. The molecule has 12 nitrogen and oxygen atoms in total. The minimum Gasteiger partial charge on any atom is -0.481 e. The Kier molecular flexibility index (Phi) is 8.79. The van der Waals surface area contributed by atoms with Crippen molar-refractivity contribution < 1.29 is 57.8 Å². The molecule has 1 aromatic carbocycles. The molecule has 1 aromatic rings. The third kappa shape index (κ3) is 5.54. The number of carbonyl (C=O) groups is 4. The predicted molar refractivity (Wildman–Crippen MR) is 170 cm³/mol. The Morgan fingerprint density at radius 2 is 1.80 bits per heavy atom. The van der Waals surface area contributed by atoms with Crippen LogP contribution in [0.4, 0.5) is 0 Å². The van der Waals surface area contributed by atoms with Crippen LogP contribution in [0.5, 0.6) is 5.75 Å². The standard InChI is InChI=1S/C37H46O12/c1-21(38)49-26-6-4-22(5-7-26)23(13-31(41)42)14-32(43)45-17-24-12-27-28-9-11-36(37(48-20-46-36)18-44-19-47-37)35(28,3)16-30(40)33(27)34(2)10-8-25(39)15-29(24)34/h4-7,15,23-24,27-28,30,33,40H,8-14,16-20H2,1-3H3,(H,41,42)/t23?,24-,27-,28-,30-,33+,34-,35-,36+,37?/m0/s1. The van der Waals surface area contributed by atoms with E-state index in [-0.39, 0.29) is 69.1 Å². The van der Waals surface area contributed by atoms with E-state index in [0.29, 0.717) is 43.4 Å². The number of aliphatic hydroxyl groups excluding tert-OH is 1. The molecule has 3 saturated carbocycles. The summed E-state index contributed by atoms with van der Waals surface area (Å²) in [5.41, 5.74) is -0.166. The predicted octanol–water partition coefficient (Wildman–Crippen LogP) is 4.28. The molecule has 2 heterocycles. The molecule has 2 unspecified atom stereocenters. The first-order valence-corrected chi connectivity index (χ1v) is 17.4. The van der Waals surface area contributed by atoms with Gasteiger partial charge in [0.2, 0.25) is 5.79 Å². The van der Waals surface area contributed by atoms with Gasteiger partial charge < -0.3 is 38.6 Å². The molecule has 49 heavy (non-hydrogen) atoms. The average molecular weight is 683 g/mol. The molecule has 7 rings (SSSR count). The highest BCUT2D eigenvalue weighted by Crippen LogP contribution is 2.72. The number of aliphatic carboxylic acids is 1. The van der Waals surface area contributed by atoms with Gasteiger partial charge in [0.25, 0.3) is 0 Å². The normalized spacial score (nSPS) is 40.0. The van der Waals surface area contributed by atoms with Gasteiger partial charge in [0, 0.05) is 30.6 Å². The lowest BCUT2D eigenvalue weighted by Crippen LogP contribution is -2.66. The topological polar surface area (TPSA) is 164 Å². The lowest BCUT2D eigenvalue weighted by atomic mass is 9.43. The first kappa shape index (κ1) is 34.3. The van der Waals surface area contributed by atoms with Gasteiger partial charge in [0.05, 0.1) is 25.6 Å². The zero-order valence-electron chi connectivity index (χ0n) is 28.3. The summed E-state index contributed by atoms with van der Waals surface area (Å²) in [5, 5.41) is 21.7. The fourth-order valence-corrected chi connectivity index (χ4v) is 11.0. The number of esters is 2. The number of hydrogen-bond acceptors (Lipinski definition) is 11. The molecule has 2 saturated heterocycles. The zero-order chi connectivity index (χ0) is 34.8. The summed E-state index contributed by atoms with van der Waals surface area (Å²) < 4.78 is 35.4. The van der Waals surface area contributed by atoms with Crippen LogP contribution in [-0.2, 0) is 42.9 Å². The molecule has 5 fully saturated rings. The van der Waals surface area contributed by atoms with Gasteiger partial charge in [-0.05, 0) is 79.0 Å². The van der Waals surface area contributed by atoms with Crippen LogP contribution in [0.15, 0.2) is 35.9 Å². The fourth-order valence-electron chi connectivity index (χ4n) is 11.0. The van der Waals surface area contributed by atoms with Gasteiger partial charge in [-0.1, -0.05) is 31.6 Å². The third-order valence-electron chi connectivity index (χ3n) is 12.9. The number of ether oxygens (including phenoxy) is 6. The van der Waals surface area contributed by atoms with Crippen LogP contribution < -0.4 is 4.74 Å². The van der Waals surface area contributed by atoms with Crippen molar-refractivity contribution in [2.24, 2.45) is 34.5 Å². The van der Waals surface area contributed by atoms with Crippen LogP contribution >= 0.6 is 0 Å². The number of rotatable bonds is 8. The van der Waals surface area contributed by atoms with Gasteiger partial charge in [0.15, 0.2) is 19.4 Å². The Bertz CT molecular complexity index is 1520. The van der Waals surface area contributed by atoms with Gasteiger partial charge in [-0.15, -0.1) is 0 Å². The molecule has 0 aromatic heterocycles. The molecular formula is C37H46O12. The number of benzene rings is 1. The average Bonchev–Trinajstić information content (AvgIpc) is 3.74. The van der Waals surface area contributed by atoms with Crippen LogP contribution in [0.2, 0.25) is 0 Å². The molecule has 4 aliphatic carbocycles. The summed E-state index contributed by atoms with van der Waals surface area (Å²) in [4.78, 5) is 49.3. The quantitative estimate of drug-likeness (QED) is 0.296. The van der Waals surface area contributed by atoms with Gasteiger partial charge >= 0.3 is 17.9 Å². The van der Waals surface area contributed by atoms with Crippen LogP contribution in [0.1, 0.15) is 83.6 Å². The molecule has 266 valence electrons. The monoisotopic (exact) mass is 682 g/mol. The second-order valence-electron chi connectivity index (χ2n) is 15.4. The lowest BCUT2D eigenvalue weighted by Gasteiger charge is -2.62. The first-order valence-electron chi connectivity index (χ1n) is 17.4. The molecule has 12 heteroatoms. The van der Waals surface area contributed by atoms with Crippen molar-refractivity contribution in [3.63, 3.8) is 0 Å². The molecule has 2 N–H and O–H groups in total. The first-order chi connectivity index (χ1) is 23.3. The van der Waals surface area contributed by atoms with E-state index < -0.39 is 52.1 Å². The van der Waals surface area contributed by atoms with Crippen LogP contribution in [0.25, 0.3) is 0 Å². The lowest BCUT2D eigenvalue weighted by molar-refractivity contribution is -0.258. The Morgan fingerprint density at radius 1 is 1.04 bits per heavy atom. The highest BCUT2D eigenvalue weighted by molar-refractivity contribution is 5.91. The van der Waals surface area contributed by atoms with E-state index in [2.05, 4.69) is 13.8 Å². The molecule has 0 radical (unpaired) electrons. The third-order valence-corrected chi connectivity index (χ3v) is 12.9. The van der Waals surface area contributed by atoms with Crippen molar-refractivity contribution in [2.75, 3.05) is 26.8 Å². The van der Waals surface area contributed by atoms with Crippen molar-refractivity contribution in [3.8, 4) is 5.75 Å². The molecule has 2 spiro atoms. The van der Waals surface area contributed by atoms with E-state index >= 15 is 0 Å². The molecule has 10 atom stereocenters. The molecule has 2 aliphatic heterocycles. The highest BCUT2D eigenvalue weighted by atomic mass is 16.9. The van der Waals surface area contributed by atoms with E-state index in [1.54, 1.807) is 30.3 Å². The number of carboxylic acids is 1. The van der Waals surface area contributed by atoms with Crippen LogP contribution in [0, 0.1) is 34.5 Å². The van der Waals surface area contributed by atoms with Crippen molar-refractivity contribution in [1.29, 1.82) is 0 Å². The van der Waals surface area contributed by atoms with Gasteiger partial charge in [-0.3, -0.25) is 19.2 Å². The Balaban J connectivity index is 1.12. The van der Waals surface area contributed by atoms with Crippen molar-refractivity contribution in [1.82, 2.24) is 0 Å². The summed E-state index contributed by atoms with van der Waals surface area (Å²) >= 11 is 0. The number of hydrogen-bond donors (Lipinski definition) is 2. The Hall–Kier alpha value is -3.16. The van der Waals surface area contributed by atoms with Gasteiger partial charge in [0.1, 0.15) is 18.0 Å². The van der Waals surface area contributed by atoms with E-state index in [1.807, 2.05) is 0 Å². The molecular weight excluding hydrogens is 636 g/mol. The summed E-state index contributed by atoms with van der Waals surface area (Å²) in [6, 6.07) is 6.43. The Morgan fingerprint density at radius 3 is 2.49 bits per heavy atom. The number of carboxylic acid groups (broad SMARTS) is 1. The molecule has 0 amide bonds. The Labute approximate surface area is 285 Å². The minimum atomic E-state index is -1.05. The van der Waals surface area contributed by atoms with Crippen molar-refractivity contribution in [2.45, 2.75) is 95.5 Å². The van der Waals surface area contributed by atoms with Gasteiger partial charge in [-0.25, -0.2) is 0 Å². The number of ketones is 1. The summed E-state index contributed by atoms with van der Waals surface area (Å²) in [6.07, 6.45) is 4.33.